The van der Waals surface area contributed by atoms with Crippen molar-refractivity contribution in [2.24, 2.45) is 4.01 Å². The minimum atomic E-state index is -0.0271. The number of carbonyl (C=O) groups excluding carboxylic acids is 1. The van der Waals surface area contributed by atoms with Gasteiger partial charge in [0, 0.05) is 0 Å². The van der Waals surface area contributed by atoms with Gasteiger partial charge in [0.1, 0.15) is 0 Å². The molecular formula is C14H13NOSe. The molecule has 1 aliphatic carbocycles. The predicted molar refractivity (Wildman–Crippen MR) is 71.8 cm³/mol. The molecular weight excluding hydrogens is 277 g/mol. The molecule has 0 radical (unpaired) electrons. The fourth-order valence-electron chi connectivity index (χ4n) is 1.58. The van der Waals surface area contributed by atoms with Crippen molar-refractivity contribution in [3.8, 4) is 0 Å². The van der Waals surface area contributed by atoms with Gasteiger partial charge in [-0.1, -0.05) is 0 Å². The molecule has 86 valence electrons. The van der Waals surface area contributed by atoms with Crippen LogP contribution in [0.5, 0.6) is 0 Å². The SMILES string of the molecule is CC1=C/C(=N\[Se]c2ccccc2)C(=O)C(C)=C1. The van der Waals surface area contributed by atoms with Crippen LogP contribution in [0.2, 0.25) is 0 Å². The molecule has 0 aromatic heterocycles. The van der Waals surface area contributed by atoms with Gasteiger partial charge in [-0.05, 0) is 0 Å². The van der Waals surface area contributed by atoms with Crippen LogP contribution >= 0.6 is 0 Å². The van der Waals surface area contributed by atoms with Gasteiger partial charge in [0.2, 0.25) is 0 Å². The average Bonchev–Trinajstić information content (AvgIpc) is 2.33. The second-order valence-corrected chi connectivity index (χ2v) is 5.68. The molecule has 1 aliphatic rings. The number of hydrogen-bond donors (Lipinski definition) is 0. The van der Waals surface area contributed by atoms with E-state index in [1.807, 2.05) is 56.3 Å². The summed E-state index contributed by atoms with van der Waals surface area (Å²) in [6.07, 6.45) is 3.76. The quantitative estimate of drug-likeness (QED) is 0.604. The molecule has 0 N–H and O–H groups in total. The molecule has 0 bridgehead atoms. The van der Waals surface area contributed by atoms with Crippen molar-refractivity contribution < 1.29 is 4.79 Å². The second kappa shape index (κ2) is 5.26. The Morgan fingerprint density at radius 3 is 2.47 bits per heavy atom. The van der Waals surface area contributed by atoms with E-state index in [4.69, 9.17) is 0 Å². The molecule has 0 saturated carbocycles. The molecule has 1 aromatic carbocycles. The van der Waals surface area contributed by atoms with E-state index in [0.29, 0.717) is 5.71 Å². The maximum absolute atomic E-state index is 11.9. The minimum absolute atomic E-state index is 0.0271. The van der Waals surface area contributed by atoms with Gasteiger partial charge in [0.05, 0.1) is 0 Å². The monoisotopic (exact) mass is 291 g/mol. The molecule has 0 amide bonds. The van der Waals surface area contributed by atoms with Gasteiger partial charge >= 0.3 is 107 Å². The summed E-state index contributed by atoms with van der Waals surface area (Å²) in [5.41, 5.74) is 2.45. The van der Waals surface area contributed by atoms with E-state index in [0.717, 1.165) is 11.1 Å². The normalized spacial score (nSPS) is 18.0. The second-order valence-electron chi connectivity index (χ2n) is 3.93. The number of carbonyl (C=O) groups is 1. The summed E-state index contributed by atoms with van der Waals surface area (Å²) in [7, 11) is 0. The van der Waals surface area contributed by atoms with E-state index in [9.17, 15) is 4.79 Å². The Hall–Kier alpha value is -1.44. The molecule has 0 aliphatic heterocycles. The van der Waals surface area contributed by atoms with Crippen LogP contribution in [0.3, 0.4) is 0 Å². The first kappa shape index (κ1) is 12.0. The Kier molecular flexibility index (Phi) is 3.72. The number of allylic oxidation sites excluding steroid dienone is 4. The van der Waals surface area contributed by atoms with Crippen molar-refractivity contribution in [3.05, 3.63) is 53.6 Å². The van der Waals surface area contributed by atoms with Crippen LogP contribution in [0.25, 0.3) is 0 Å². The Bertz CT molecular complexity index is 526. The first-order chi connectivity index (χ1) is 8.16. The zero-order valence-corrected chi connectivity index (χ0v) is 11.5. The van der Waals surface area contributed by atoms with Crippen molar-refractivity contribution in [2.75, 3.05) is 0 Å². The third-order valence-corrected chi connectivity index (χ3v) is 4.01. The van der Waals surface area contributed by atoms with E-state index in [-0.39, 0.29) is 21.0 Å². The van der Waals surface area contributed by atoms with Gasteiger partial charge < -0.3 is 0 Å². The molecule has 1 aromatic rings. The molecule has 2 rings (SSSR count). The fourth-order valence-corrected chi connectivity index (χ4v) is 2.88. The van der Waals surface area contributed by atoms with Crippen LogP contribution in [0.4, 0.5) is 0 Å². The number of ketones is 1. The van der Waals surface area contributed by atoms with Crippen LogP contribution in [0, 0.1) is 0 Å². The third kappa shape index (κ3) is 3.02. The van der Waals surface area contributed by atoms with Crippen LogP contribution in [0.1, 0.15) is 13.8 Å². The molecule has 0 atom stereocenters. The standard InChI is InChI=1S/C14H13NOSe/c1-10-8-11(2)14(16)13(9-10)15-17-12-6-4-3-5-7-12/h3-9H,1-2H3/b15-13+. The number of nitrogens with zero attached hydrogens (tertiary/aromatic N) is 1. The first-order valence-corrected chi connectivity index (χ1v) is 7.00. The van der Waals surface area contributed by atoms with Gasteiger partial charge in [-0.15, -0.1) is 0 Å². The Morgan fingerprint density at radius 2 is 1.76 bits per heavy atom. The van der Waals surface area contributed by atoms with E-state index in [1.165, 1.54) is 4.46 Å². The summed E-state index contributed by atoms with van der Waals surface area (Å²) < 4.78 is 5.63. The van der Waals surface area contributed by atoms with Crippen LogP contribution in [-0.2, 0) is 4.79 Å². The van der Waals surface area contributed by atoms with Crippen molar-refractivity contribution in [1.29, 1.82) is 0 Å². The number of Topliss-reactive ketones (excluding diaryl/α,β-unsaturated/α-hetero) is 1. The van der Waals surface area contributed by atoms with Crippen molar-refractivity contribution in [2.45, 2.75) is 13.8 Å². The van der Waals surface area contributed by atoms with Crippen molar-refractivity contribution >= 4 is 31.1 Å². The maximum atomic E-state index is 11.9. The molecule has 3 heteroatoms. The van der Waals surface area contributed by atoms with E-state index in [2.05, 4.69) is 4.01 Å². The molecule has 2 nitrogen and oxygen atoms in total. The Balaban J connectivity index is 2.19. The van der Waals surface area contributed by atoms with Crippen molar-refractivity contribution in [1.82, 2.24) is 0 Å². The van der Waals surface area contributed by atoms with Gasteiger partial charge in [0.15, 0.2) is 0 Å². The Labute approximate surface area is 108 Å². The summed E-state index contributed by atoms with van der Waals surface area (Å²) in [5, 5.41) is 0. The summed E-state index contributed by atoms with van der Waals surface area (Å²) >= 11 is -0.0271. The Morgan fingerprint density at radius 1 is 1.06 bits per heavy atom. The summed E-state index contributed by atoms with van der Waals surface area (Å²) in [5.74, 6) is 0.0495. The van der Waals surface area contributed by atoms with Gasteiger partial charge in [-0.25, -0.2) is 0 Å². The fraction of sp³-hybridized carbons (Fsp3) is 0.143. The molecule has 17 heavy (non-hydrogen) atoms. The summed E-state index contributed by atoms with van der Waals surface area (Å²) in [6, 6.07) is 10.0. The number of hydrogen-bond acceptors (Lipinski definition) is 2. The zero-order chi connectivity index (χ0) is 12.3. The van der Waals surface area contributed by atoms with Gasteiger partial charge in [-0.3, -0.25) is 0 Å². The number of benzene rings is 1. The zero-order valence-electron chi connectivity index (χ0n) is 9.81. The van der Waals surface area contributed by atoms with Crippen LogP contribution in [-0.4, -0.2) is 26.7 Å². The molecule has 0 fully saturated rings. The third-order valence-electron chi connectivity index (χ3n) is 2.39. The topological polar surface area (TPSA) is 29.4 Å². The molecule has 0 unspecified atom stereocenters. The van der Waals surface area contributed by atoms with E-state index >= 15 is 0 Å². The first-order valence-electron chi connectivity index (χ1n) is 5.38. The summed E-state index contributed by atoms with van der Waals surface area (Å²) in [4.78, 5) is 11.9. The average molecular weight is 290 g/mol. The molecule has 0 spiro atoms. The summed E-state index contributed by atoms with van der Waals surface area (Å²) in [6.45, 7) is 3.82. The van der Waals surface area contributed by atoms with Crippen molar-refractivity contribution in [3.63, 3.8) is 0 Å². The van der Waals surface area contributed by atoms with Crippen LogP contribution < -0.4 is 4.46 Å². The molecule has 0 saturated heterocycles. The predicted octanol–water partition coefficient (Wildman–Crippen LogP) is 1.85. The van der Waals surface area contributed by atoms with Gasteiger partial charge in [0.25, 0.3) is 0 Å². The number of rotatable bonds is 2. The van der Waals surface area contributed by atoms with Gasteiger partial charge in [-0.2, -0.15) is 0 Å². The van der Waals surface area contributed by atoms with E-state index < -0.39 is 0 Å². The van der Waals surface area contributed by atoms with E-state index in [1.54, 1.807) is 0 Å². The molecule has 0 heterocycles. The van der Waals surface area contributed by atoms with Crippen LogP contribution in [0.15, 0.2) is 57.6 Å².